The molecule has 0 bridgehead atoms. The minimum atomic E-state index is -0.271. The molecule has 0 saturated carbocycles. The minimum Gasteiger partial charge on any atom is -0.447 e. The fourth-order valence-electron chi connectivity index (χ4n) is 3.35. The normalized spacial score (nSPS) is 20.9. The number of piperidine rings is 1. The van der Waals surface area contributed by atoms with Crippen molar-refractivity contribution < 1.29 is 14.3 Å². The Morgan fingerprint density at radius 2 is 1.96 bits per heavy atom. The number of ether oxygens (including phenoxy) is 1. The maximum atomic E-state index is 12.4. The van der Waals surface area contributed by atoms with E-state index >= 15 is 0 Å². The van der Waals surface area contributed by atoms with Gasteiger partial charge in [0.1, 0.15) is 6.61 Å². The molecule has 1 aromatic rings. The number of anilines is 1. The first-order chi connectivity index (χ1) is 11.4. The van der Waals surface area contributed by atoms with Crippen LogP contribution in [0.2, 0.25) is 0 Å². The van der Waals surface area contributed by atoms with Gasteiger partial charge < -0.3 is 15.0 Å². The topological polar surface area (TPSA) is 61.9 Å². The highest BCUT2D eigenvalue weighted by atomic mass is 127. The summed E-state index contributed by atoms with van der Waals surface area (Å²) >= 11 is 2.21. The summed E-state index contributed by atoms with van der Waals surface area (Å²) in [4.78, 5) is 28.1. The van der Waals surface area contributed by atoms with Crippen molar-refractivity contribution in [3.8, 4) is 0 Å². The lowest BCUT2D eigenvalue weighted by molar-refractivity contribution is 0.0958. The molecular weight excluding hydrogens is 421 g/mol. The van der Waals surface area contributed by atoms with Crippen LogP contribution in [0, 0.1) is 3.57 Å². The second kappa shape index (κ2) is 6.78. The summed E-state index contributed by atoms with van der Waals surface area (Å²) < 4.78 is 6.21. The number of para-hydroxylation sites is 1. The summed E-state index contributed by atoms with van der Waals surface area (Å²) in [6.07, 6.45) is 1.32. The van der Waals surface area contributed by atoms with Crippen LogP contribution in [-0.4, -0.2) is 53.2 Å². The van der Waals surface area contributed by atoms with E-state index in [1.54, 1.807) is 0 Å². The fraction of sp³-hybridized carbons (Fsp3) is 0.529. The van der Waals surface area contributed by atoms with E-state index in [-0.39, 0.29) is 23.7 Å². The average molecular weight is 443 g/mol. The number of carbonyl (C=O) groups is 2. The van der Waals surface area contributed by atoms with Gasteiger partial charge in [0.2, 0.25) is 0 Å². The zero-order valence-electron chi connectivity index (χ0n) is 13.9. The van der Waals surface area contributed by atoms with Crippen LogP contribution in [0.4, 0.5) is 15.3 Å². The predicted molar refractivity (Wildman–Crippen MR) is 100 cm³/mol. The Bertz CT molecular complexity index is 642. The SMILES string of the molecule is CC1(C)COC(=O)N1C1CCN(C(=O)Nc2ccccc2I)CC1. The number of benzene rings is 1. The van der Waals surface area contributed by atoms with Crippen LogP contribution in [-0.2, 0) is 4.74 Å². The summed E-state index contributed by atoms with van der Waals surface area (Å²) in [7, 11) is 0. The number of rotatable bonds is 2. The number of hydrogen-bond acceptors (Lipinski definition) is 3. The minimum absolute atomic E-state index is 0.0826. The van der Waals surface area contributed by atoms with Crippen LogP contribution in [0.15, 0.2) is 24.3 Å². The second-order valence-electron chi connectivity index (χ2n) is 6.87. The first-order valence-electron chi connectivity index (χ1n) is 8.15. The third kappa shape index (κ3) is 3.45. The first-order valence-corrected chi connectivity index (χ1v) is 9.23. The molecule has 2 aliphatic heterocycles. The number of likely N-dealkylation sites (tertiary alicyclic amines) is 1. The van der Waals surface area contributed by atoms with Gasteiger partial charge >= 0.3 is 12.1 Å². The van der Waals surface area contributed by atoms with Crippen LogP contribution < -0.4 is 5.32 Å². The van der Waals surface area contributed by atoms with Crippen LogP contribution in [0.1, 0.15) is 26.7 Å². The molecule has 2 heterocycles. The molecule has 0 spiro atoms. The molecule has 2 saturated heterocycles. The molecule has 2 aliphatic rings. The lowest BCUT2D eigenvalue weighted by atomic mass is 9.97. The first kappa shape index (κ1) is 17.3. The molecule has 0 aromatic heterocycles. The smallest absolute Gasteiger partial charge is 0.410 e. The summed E-state index contributed by atoms with van der Waals surface area (Å²) in [5, 5.41) is 2.96. The molecule has 1 N–H and O–H groups in total. The molecule has 1 aromatic carbocycles. The number of carbonyl (C=O) groups excluding carboxylic acids is 2. The number of nitrogens with zero attached hydrogens (tertiary/aromatic N) is 2. The Hall–Kier alpha value is -1.51. The van der Waals surface area contributed by atoms with Crippen LogP contribution in [0.3, 0.4) is 0 Å². The molecule has 130 valence electrons. The monoisotopic (exact) mass is 443 g/mol. The van der Waals surface area contributed by atoms with Gasteiger partial charge in [-0.15, -0.1) is 0 Å². The number of hydrogen-bond donors (Lipinski definition) is 1. The Morgan fingerprint density at radius 1 is 1.29 bits per heavy atom. The van der Waals surface area contributed by atoms with Gasteiger partial charge in [-0.1, -0.05) is 12.1 Å². The van der Waals surface area contributed by atoms with Crippen molar-refractivity contribution >= 4 is 40.4 Å². The van der Waals surface area contributed by atoms with Crippen LogP contribution >= 0.6 is 22.6 Å². The third-order valence-electron chi connectivity index (χ3n) is 4.63. The number of urea groups is 1. The quantitative estimate of drug-likeness (QED) is 0.712. The number of nitrogens with one attached hydrogen (secondary N) is 1. The molecule has 3 rings (SSSR count). The van der Waals surface area contributed by atoms with Gasteiger partial charge in [-0.3, -0.25) is 4.90 Å². The highest BCUT2D eigenvalue weighted by molar-refractivity contribution is 14.1. The highest BCUT2D eigenvalue weighted by Gasteiger charge is 2.44. The van der Waals surface area contributed by atoms with Crippen molar-refractivity contribution in [3.05, 3.63) is 27.8 Å². The Morgan fingerprint density at radius 3 is 2.54 bits per heavy atom. The highest BCUT2D eigenvalue weighted by Crippen LogP contribution is 2.30. The fourth-order valence-corrected chi connectivity index (χ4v) is 3.87. The van der Waals surface area contributed by atoms with Gasteiger partial charge in [-0.2, -0.15) is 0 Å². The summed E-state index contributed by atoms with van der Waals surface area (Å²) in [5.41, 5.74) is 0.557. The molecule has 2 fully saturated rings. The van der Waals surface area contributed by atoms with Gasteiger partial charge in [-0.25, -0.2) is 9.59 Å². The summed E-state index contributed by atoms with van der Waals surface area (Å²) in [6.45, 7) is 5.75. The van der Waals surface area contributed by atoms with E-state index in [2.05, 4.69) is 27.9 Å². The van der Waals surface area contributed by atoms with Crippen molar-refractivity contribution in [2.75, 3.05) is 25.0 Å². The van der Waals surface area contributed by atoms with Crippen molar-refractivity contribution in [1.82, 2.24) is 9.80 Å². The largest absolute Gasteiger partial charge is 0.447 e. The molecule has 0 radical (unpaired) electrons. The number of amides is 3. The Balaban J connectivity index is 1.58. The summed E-state index contributed by atoms with van der Waals surface area (Å²) in [5.74, 6) is 0. The van der Waals surface area contributed by atoms with Gasteiger partial charge in [-0.05, 0) is 61.4 Å². The molecule has 0 atom stereocenters. The lowest BCUT2D eigenvalue weighted by Crippen LogP contribution is -2.53. The van der Waals surface area contributed by atoms with Crippen molar-refractivity contribution in [2.45, 2.75) is 38.3 Å². The Labute approximate surface area is 155 Å². The average Bonchev–Trinajstić information content (AvgIpc) is 2.83. The van der Waals surface area contributed by atoms with E-state index in [9.17, 15) is 9.59 Å². The molecule has 7 heteroatoms. The van der Waals surface area contributed by atoms with Gasteiger partial charge in [0.15, 0.2) is 0 Å². The molecule has 6 nitrogen and oxygen atoms in total. The van der Waals surface area contributed by atoms with E-state index < -0.39 is 0 Å². The standard InChI is InChI=1S/C17H22IN3O3/c1-17(2)11-24-16(23)21(17)12-7-9-20(10-8-12)15(22)19-14-6-4-3-5-13(14)18/h3-6,12H,7-11H2,1-2H3,(H,19,22). The van der Waals surface area contributed by atoms with E-state index in [4.69, 9.17) is 4.74 Å². The molecular formula is C17H22IN3O3. The van der Waals surface area contributed by atoms with E-state index in [0.717, 1.165) is 22.1 Å². The predicted octanol–water partition coefficient (Wildman–Crippen LogP) is 3.52. The Kier molecular flexibility index (Phi) is 4.89. The number of cyclic esters (lactones) is 1. The second-order valence-corrected chi connectivity index (χ2v) is 8.03. The molecule has 0 aliphatic carbocycles. The number of halogens is 1. The molecule has 3 amide bonds. The van der Waals surface area contributed by atoms with Crippen molar-refractivity contribution in [1.29, 1.82) is 0 Å². The van der Waals surface area contributed by atoms with Gasteiger partial charge in [0.05, 0.1) is 11.2 Å². The van der Waals surface area contributed by atoms with Gasteiger partial charge in [0.25, 0.3) is 0 Å². The van der Waals surface area contributed by atoms with Crippen LogP contribution in [0.5, 0.6) is 0 Å². The summed E-state index contributed by atoms with van der Waals surface area (Å²) in [6, 6.07) is 7.76. The maximum Gasteiger partial charge on any atom is 0.410 e. The van der Waals surface area contributed by atoms with E-state index in [1.807, 2.05) is 47.9 Å². The van der Waals surface area contributed by atoms with Gasteiger partial charge in [0, 0.05) is 22.7 Å². The van der Waals surface area contributed by atoms with E-state index in [0.29, 0.717) is 19.7 Å². The van der Waals surface area contributed by atoms with Crippen molar-refractivity contribution in [3.63, 3.8) is 0 Å². The van der Waals surface area contributed by atoms with E-state index in [1.165, 1.54) is 0 Å². The zero-order valence-corrected chi connectivity index (χ0v) is 16.1. The lowest BCUT2D eigenvalue weighted by Gasteiger charge is -2.40. The molecule has 0 unspecified atom stereocenters. The van der Waals surface area contributed by atoms with Crippen LogP contribution in [0.25, 0.3) is 0 Å². The third-order valence-corrected chi connectivity index (χ3v) is 5.57. The molecule has 24 heavy (non-hydrogen) atoms. The zero-order chi connectivity index (χ0) is 17.3. The maximum absolute atomic E-state index is 12.4. The van der Waals surface area contributed by atoms with Crippen molar-refractivity contribution in [2.24, 2.45) is 0 Å².